The van der Waals surface area contributed by atoms with Gasteiger partial charge in [0.15, 0.2) is 5.82 Å². The second-order valence-corrected chi connectivity index (χ2v) is 5.89. The van der Waals surface area contributed by atoms with E-state index in [0.29, 0.717) is 15.0 Å². The van der Waals surface area contributed by atoms with Crippen molar-refractivity contribution in [2.45, 2.75) is 0 Å². The molecule has 0 spiro atoms. The van der Waals surface area contributed by atoms with Gasteiger partial charge in [0.1, 0.15) is 4.88 Å². The van der Waals surface area contributed by atoms with Gasteiger partial charge in [0.2, 0.25) is 0 Å². The van der Waals surface area contributed by atoms with Crippen molar-refractivity contribution in [3.8, 4) is 0 Å². The maximum absolute atomic E-state index is 13.2. The summed E-state index contributed by atoms with van der Waals surface area (Å²) in [5.41, 5.74) is 0.344. The monoisotopic (exact) mass is 367 g/mol. The molecule has 1 amide bonds. The van der Waals surface area contributed by atoms with Crippen molar-refractivity contribution in [1.82, 2.24) is 0 Å². The predicted molar refractivity (Wildman–Crippen MR) is 76.4 cm³/mol. The van der Waals surface area contributed by atoms with Crippen molar-refractivity contribution in [2.75, 3.05) is 5.32 Å². The van der Waals surface area contributed by atoms with Crippen LogP contribution in [0.4, 0.5) is 10.1 Å². The summed E-state index contributed by atoms with van der Waals surface area (Å²) in [6, 6.07) is 4.38. The Morgan fingerprint density at radius 2 is 1.94 bits per heavy atom. The summed E-state index contributed by atoms with van der Waals surface area (Å²) in [7, 11) is 0. The van der Waals surface area contributed by atoms with Crippen LogP contribution < -0.4 is 5.32 Å². The van der Waals surface area contributed by atoms with Gasteiger partial charge in [-0.1, -0.05) is 23.2 Å². The van der Waals surface area contributed by atoms with Crippen molar-refractivity contribution >= 4 is 62.1 Å². The van der Waals surface area contributed by atoms with Crippen molar-refractivity contribution < 1.29 is 9.18 Å². The molecule has 0 atom stereocenters. The van der Waals surface area contributed by atoms with Gasteiger partial charge < -0.3 is 5.32 Å². The lowest BCUT2D eigenvalue weighted by molar-refractivity contribution is 0.103. The molecule has 2 nitrogen and oxygen atoms in total. The second kappa shape index (κ2) is 5.57. The number of hydrogen-bond acceptors (Lipinski definition) is 2. The fourth-order valence-corrected chi connectivity index (χ4v) is 3.20. The van der Waals surface area contributed by atoms with E-state index in [4.69, 9.17) is 23.2 Å². The van der Waals surface area contributed by atoms with Gasteiger partial charge in [-0.05, 0) is 39.5 Å². The van der Waals surface area contributed by atoms with Crippen molar-refractivity contribution in [3.63, 3.8) is 0 Å². The molecule has 0 saturated heterocycles. The van der Waals surface area contributed by atoms with E-state index in [1.165, 1.54) is 23.5 Å². The van der Waals surface area contributed by atoms with E-state index >= 15 is 0 Å². The molecule has 0 aliphatic rings. The first-order valence-electron chi connectivity index (χ1n) is 4.68. The number of hydrogen-bond donors (Lipinski definition) is 1. The molecule has 0 radical (unpaired) electrons. The predicted octanol–water partition coefficient (Wildman–Crippen LogP) is 5.21. The lowest BCUT2D eigenvalue weighted by Gasteiger charge is -2.06. The number of carbonyl (C=O) groups is 1. The van der Waals surface area contributed by atoms with Gasteiger partial charge >= 0.3 is 0 Å². The second-order valence-electron chi connectivity index (χ2n) is 3.31. The van der Waals surface area contributed by atoms with E-state index in [1.807, 2.05) is 0 Å². The standard InChI is InChI=1S/C11H5BrCl2FNOS/c12-6-1-2-18-10(6)11(17)16-5-3-7(13)9(15)8(14)4-5/h1-4H,(H,16,17). The first kappa shape index (κ1) is 13.8. The molecule has 18 heavy (non-hydrogen) atoms. The number of amides is 1. The molecular weight excluding hydrogens is 364 g/mol. The number of carbonyl (C=O) groups excluding carboxylic acids is 1. The Kier molecular flexibility index (Phi) is 4.27. The van der Waals surface area contributed by atoms with Crippen molar-refractivity contribution in [3.05, 3.63) is 48.8 Å². The number of rotatable bonds is 2. The lowest BCUT2D eigenvalue weighted by Crippen LogP contribution is -2.10. The molecule has 1 aromatic heterocycles. The van der Waals surface area contributed by atoms with Gasteiger partial charge in [0, 0.05) is 10.2 Å². The summed E-state index contributed by atoms with van der Waals surface area (Å²) in [5, 5.41) is 4.11. The minimum absolute atomic E-state index is 0.136. The fraction of sp³-hybridized carbons (Fsp3) is 0. The normalized spacial score (nSPS) is 10.4. The summed E-state index contributed by atoms with van der Waals surface area (Å²) < 4.78 is 13.9. The first-order chi connectivity index (χ1) is 8.49. The third-order valence-corrected chi connectivity index (χ3v) is 4.45. The zero-order valence-electron chi connectivity index (χ0n) is 8.64. The quantitative estimate of drug-likeness (QED) is 0.724. The average Bonchev–Trinajstić information content (AvgIpc) is 2.72. The van der Waals surface area contributed by atoms with Crippen LogP contribution in [-0.4, -0.2) is 5.91 Å². The number of thiophene rings is 1. The van der Waals surface area contributed by atoms with Crippen LogP contribution in [0.15, 0.2) is 28.1 Å². The number of benzene rings is 1. The van der Waals surface area contributed by atoms with Gasteiger partial charge in [-0.2, -0.15) is 0 Å². The van der Waals surface area contributed by atoms with E-state index in [0.717, 1.165) is 0 Å². The highest BCUT2D eigenvalue weighted by Gasteiger charge is 2.14. The van der Waals surface area contributed by atoms with E-state index in [-0.39, 0.29) is 16.0 Å². The molecule has 1 N–H and O–H groups in total. The molecule has 7 heteroatoms. The van der Waals surface area contributed by atoms with Crippen LogP contribution >= 0.6 is 50.5 Å². The SMILES string of the molecule is O=C(Nc1cc(Cl)c(F)c(Cl)c1)c1sccc1Br. The highest BCUT2D eigenvalue weighted by Crippen LogP contribution is 2.29. The van der Waals surface area contributed by atoms with E-state index < -0.39 is 5.82 Å². The van der Waals surface area contributed by atoms with Crippen LogP contribution in [0.25, 0.3) is 0 Å². The molecular formula is C11H5BrCl2FNOS. The minimum atomic E-state index is -0.700. The molecule has 1 heterocycles. The van der Waals surface area contributed by atoms with E-state index in [9.17, 15) is 9.18 Å². The summed E-state index contributed by atoms with van der Waals surface area (Å²) in [4.78, 5) is 12.4. The third kappa shape index (κ3) is 2.85. The number of nitrogens with one attached hydrogen (secondary N) is 1. The van der Waals surface area contributed by atoms with Gasteiger partial charge in [-0.25, -0.2) is 4.39 Å². The first-order valence-corrected chi connectivity index (χ1v) is 7.11. The Morgan fingerprint density at radius 3 is 2.44 bits per heavy atom. The molecule has 0 fully saturated rings. The van der Waals surface area contributed by atoms with E-state index in [1.54, 1.807) is 11.4 Å². The molecule has 0 aliphatic carbocycles. The highest BCUT2D eigenvalue weighted by molar-refractivity contribution is 9.10. The lowest BCUT2D eigenvalue weighted by atomic mass is 10.3. The Hall–Kier alpha value is -0.620. The molecule has 1 aromatic carbocycles. The Labute approximate surface area is 125 Å². The highest BCUT2D eigenvalue weighted by atomic mass is 79.9. The summed E-state index contributed by atoms with van der Waals surface area (Å²) in [6.45, 7) is 0. The van der Waals surface area contributed by atoms with Crippen LogP contribution in [0, 0.1) is 5.82 Å². The molecule has 2 aromatic rings. The Balaban J connectivity index is 2.25. The zero-order valence-corrected chi connectivity index (χ0v) is 12.6. The number of anilines is 1. The Bertz CT molecular complexity index is 594. The maximum Gasteiger partial charge on any atom is 0.266 e. The van der Waals surface area contributed by atoms with Gasteiger partial charge in [-0.15, -0.1) is 11.3 Å². The van der Waals surface area contributed by atoms with Crippen molar-refractivity contribution in [1.29, 1.82) is 0 Å². The zero-order chi connectivity index (χ0) is 13.3. The van der Waals surface area contributed by atoms with Crippen LogP contribution in [0.1, 0.15) is 9.67 Å². The molecule has 0 unspecified atom stereocenters. The van der Waals surface area contributed by atoms with Crippen LogP contribution in [-0.2, 0) is 0 Å². The fourth-order valence-electron chi connectivity index (χ4n) is 1.27. The third-order valence-electron chi connectivity index (χ3n) is 2.07. The molecule has 2 rings (SSSR count). The van der Waals surface area contributed by atoms with E-state index in [2.05, 4.69) is 21.2 Å². The Morgan fingerprint density at radius 1 is 1.33 bits per heavy atom. The van der Waals surface area contributed by atoms with Crippen LogP contribution in [0.2, 0.25) is 10.0 Å². The average molecular weight is 369 g/mol. The minimum Gasteiger partial charge on any atom is -0.321 e. The summed E-state index contributed by atoms with van der Waals surface area (Å²) >= 11 is 15.8. The van der Waals surface area contributed by atoms with Gasteiger partial charge in [-0.3, -0.25) is 4.79 Å². The topological polar surface area (TPSA) is 29.1 Å². The molecule has 0 saturated carbocycles. The maximum atomic E-state index is 13.2. The summed E-state index contributed by atoms with van der Waals surface area (Å²) in [5.74, 6) is -1.01. The van der Waals surface area contributed by atoms with Gasteiger partial charge in [0.25, 0.3) is 5.91 Å². The molecule has 94 valence electrons. The smallest absolute Gasteiger partial charge is 0.266 e. The molecule has 0 aliphatic heterocycles. The van der Waals surface area contributed by atoms with Gasteiger partial charge in [0.05, 0.1) is 10.0 Å². The number of halogens is 4. The summed E-state index contributed by atoms with van der Waals surface area (Å²) in [6.07, 6.45) is 0. The van der Waals surface area contributed by atoms with Crippen molar-refractivity contribution in [2.24, 2.45) is 0 Å². The largest absolute Gasteiger partial charge is 0.321 e. The molecule has 0 bridgehead atoms. The van der Waals surface area contributed by atoms with Crippen LogP contribution in [0.3, 0.4) is 0 Å². The van der Waals surface area contributed by atoms with Crippen LogP contribution in [0.5, 0.6) is 0 Å².